The van der Waals surface area contributed by atoms with E-state index in [1.807, 2.05) is 0 Å². The molecule has 11 N–H and O–H groups in total. The maximum Gasteiger partial charge on any atom is 0.326 e. The number of hydrogen-bond donors (Lipinski definition) is 9. The van der Waals surface area contributed by atoms with E-state index in [1.54, 1.807) is 64.2 Å². The third kappa shape index (κ3) is 14.0. The maximum atomic E-state index is 13.5. The number of carboxylic acid groups (broad SMARTS) is 1. The summed E-state index contributed by atoms with van der Waals surface area (Å²) in [6.45, 7) is 6.64. The van der Waals surface area contributed by atoms with Gasteiger partial charge in [0.15, 0.2) is 0 Å². The molecule has 16 nitrogen and oxygen atoms in total. The van der Waals surface area contributed by atoms with Crippen LogP contribution in [0.5, 0.6) is 0 Å². The number of nitrogens with two attached hydrogens (primary N) is 2. The molecule has 16 heteroatoms. The number of aromatic amines is 1. The first-order valence-electron chi connectivity index (χ1n) is 16.4. The smallest absolute Gasteiger partial charge is 0.326 e. The first-order chi connectivity index (χ1) is 23.2. The van der Waals surface area contributed by atoms with Gasteiger partial charge in [0, 0.05) is 19.0 Å². The number of rotatable bonds is 21. The number of unbranched alkanes of at least 4 members (excludes halogenated alkanes) is 1. The van der Waals surface area contributed by atoms with Crippen molar-refractivity contribution in [3.8, 4) is 0 Å². The van der Waals surface area contributed by atoms with Crippen molar-refractivity contribution in [3.63, 3.8) is 0 Å². The molecule has 0 saturated carbocycles. The average Bonchev–Trinajstić information content (AvgIpc) is 3.57. The van der Waals surface area contributed by atoms with E-state index in [0.29, 0.717) is 31.5 Å². The second-order valence-electron chi connectivity index (χ2n) is 12.5. The summed E-state index contributed by atoms with van der Waals surface area (Å²) in [7, 11) is 0. The van der Waals surface area contributed by atoms with Crippen LogP contribution < -0.4 is 38.1 Å². The van der Waals surface area contributed by atoms with E-state index in [9.17, 15) is 33.9 Å². The van der Waals surface area contributed by atoms with E-state index in [2.05, 4.69) is 36.6 Å². The number of carbonyl (C=O) groups excluding carboxylic acids is 5. The Kier molecular flexibility index (Phi) is 16.9. The van der Waals surface area contributed by atoms with E-state index in [-0.39, 0.29) is 12.8 Å². The molecule has 270 valence electrons. The molecule has 0 aliphatic heterocycles. The summed E-state index contributed by atoms with van der Waals surface area (Å²) in [6.07, 6.45) is 4.82. The Balaban J connectivity index is 2.11. The molecule has 0 aliphatic rings. The number of carbonyl (C=O) groups is 6. The Hall–Kier alpha value is -4.83. The van der Waals surface area contributed by atoms with Crippen LogP contribution >= 0.6 is 0 Å². The first kappa shape index (κ1) is 40.3. The maximum absolute atomic E-state index is 13.5. The van der Waals surface area contributed by atoms with Crippen LogP contribution in [0.3, 0.4) is 0 Å². The van der Waals surface area contributed by atoms with Gasteiger partial charge >= 0.3 is 5.97 Å². The molecule has 0 bridgehead atoms. The number of imidazole rings is 1. The SMILES string of the molecule is CC(C)[C@H](NC(=O)[C@H](Cc1ccccc1)NC(=O)[C@@H](NC(=O)CNC(=O)[C@H](Cc1c[nH]cn1)NC(=O)[C@@H](N)CCCCN)C(C)C)C(=O)O. The predicted molar refractivity (Wildman–Crippen MR) is 181 cm³/mol. The van der Waals surface area contributed by atoms with Gasteiger partial charge in [0.25, 0.3) is 0 Å². The van der Waals surface area contributed by atoms with Gasteiger partial charge in [-0.2, -0.15) is 0 Å². The molecule has 0 spiro atoms. The number of hydrogen-bond acceptors (Lipinski definition) is 9. The Labute approximate surface area is 286 Å². The topological polar surface area (TPSA) is 264 Å². The fraction of sp³-hybridized carbons (Fsp3) is 0.545. The number of amides is 5. The monoisotopic (exact) mass is 685 g/mol. The van der Waals surface area contributed by atoms with Crippen LogP contribution in [0.15, 0.2) is 42.9 Å². The number of nitrogens with zero attached hydrogens (tertiary/aromatic N) is 1. The molecular formula is C33H51N9O7. The fourth-order valence-electron chi connectivity index (χ4n) is 4.88. The second-order valence-corrected chi connectivity index (χ2v) is 12.5. The number of benzene rings is 1. The molecule has 49 heavy (non-hydrogen) atoms. The van der Waals surface area contributed by atoms with E-state index in [0.717, 1.165) is 5.56 Å². The second kappa shape index (κ2) is 20.5. The Morgan fingerprint density at radius 2 is 1.43 bits per heavy atom. The Morgan fingerprint density at radius 3 is 2.00 bits per heavy atom. The molecule has 0 aliphatic carbocycles. The quantitative estimate of drug-likeness (QED) is 0.0732. The van der Waals surface area contributed by atoms with Crippen LogP contribution in [0.25, 0.3) is 0 Å². The summed E-state index contributed by atoms with van der Waals surface area (Å²) in [5.74, 6) is -5.32. The van der Waals surface area contributed by atoms with Crippen molar-refractivity contribution in [3.05, 3.63) is 54.1 Å². The lowest BCUT2D eigenvalue weighted by molar-refractivity contribution is -0.143. The minimum atomic E-state index is -1.21. The highest BCUT2D eigenvalue weighted by molar-refractivity contribution is 5.95. The van der Waals surface area contributed by atoms with Crippen LogP contribution in [-0.2, 0) is 41.6 Å². The molecular weight excluding hydrogens is 634 g/mol. The van der Waals surface area contributed by atoms with Gasteiger partial charge in [0.05, 0.1) is 24.6 Å². The standard InChI is InChI=1S/C33H51N9O7/c1-19(2)27(32(47)40-24(14-21-10-6-5-7-11-21)31(46)42-28(20(3)4)33(48)49)41-26(43)17-37-30(45)25(15-22-16-36-18-38-22)39-29(44)23(35)12-8-9-13-34/h5-7,10-11,16,18-20,23-25,27-28H,8-9,12-15,17,34-35H2,1-4H3,(H,36,38)(H,37,45)(H,39,44)(H,40,47)(H,41,43)(H,42,46)(H,48,49)/t23-,24-,25-,27-,28-/m0/s1. The molecule has 1 heterocycles. The van der Waals surface area contributed by atoms with Crippen molar-refractivity contribution < 1.29 is 33.9 Å². The summed E-state index contributed by atoms with van der Waals surface area (Å²) >= 11 is 0. The van der Waals surface area contributed by atoms with E-state index in [1.165, 1.54) is 6.33 Å². The van der Waals surface area contributed by atoms with Gasteiger partial charge in [-0.1, -0.05) is 64.4 Å². The molecule has 0 unspecified atom stereocenters. The number of carboxylic acids is 1. The van der Waals surface area contributed by atoms with Gasteiger partial charge in [-0.15, -0.1) is 0 Å². The zero-order valence-electron chi connectivity index (χ0n) is 28.5. The van der Waals surface area contributed by atoms with E-state index in [4.69, 9.17) is 11.5 Å². The number of H-pyrrole nitrogens is 1. The zero-order valence-corrected chi connectivity index (χ0v) is 28.5. The number of aliphatic carboxylic acids is 1. The van der Waals surface area contributed by atoms with Crippen molar-refractivity contribution in [1.29, 1.82) is 0 Å². The Morgan fingerprint density at radius 1 is 0.796 bits per heavy atom. The van der Waals surface area contributed by atoms with Gasteiger partial charge < -0.3 is 48.1 Å². The van der Waals surface area contributed by atoms with Gasteiger partial charge in [-0.3, -0.25) is 24.0 Å². The van der Waals surface area contributed by atoms with Crippen molar-refractivity contribution in [2.75, 3.05) is 13.1 Å². The minimum Gasteiger partial charge on any atom is -0.480 e. The van der Waals surface area contributed by atoms with Crippen LogP contribution in [-0.4, -0.2) is 93.9 Å². The largest absolute Gasteiger partial charge is 0.480 e. The van der Waals surface area contributed by atoms with Crippen LogP contribution in [0.1, 0.15) is 58.2 Å². The fourth-order valence-corrected chi connectivity index (χ4v) is 4.88. The zero-order chi connectivity index (χ0) is 36.5. The normalized spacial score (nSPS) is 14.2. The lowest BCUT2D eigenvalue weighted by atomic mass is 9.99. The van der Waals surface area contributed by atoms with Crippen LogP contribution in [0, 0.1) is 11.8 Å². The third-order valence-corrected chi connectivity index (χ3v) is 7.74. The lowest BCUT2D eigenvalue weighted by Gasteiger charge is -2.27. The summed E-state index contributed by atoms with van der Waals surface area (Å²) in [5, 5.41) is 22.5. The predicted octanol–water partition coefficient (Wildman–Crippen LogP) is -0.897. The average molecular weight is 686 g/mol. The van der Waals surface area contributed by atoms with Crippen molar-refractivity contribution in [2.24, 2.45) is 23.3 Å². The van der Waals surface area contributed by atoms with Crippen molar-refractivity contribution in [2.45, 2.75) is 90.0 Å². The van der Waals surface area contributed by atoms with Gasteiger partial charge in [-0.25, -0.2) is 9.78 Å². The Bertz CT molecular complexity index is 1370. The van der Waals surface area contributed by atoms with Crippen molar-refractivity contribution >= 4 is 35.5 Å². The highest BCUT2D eigenvalue weighted by atomic mass is 16.4. The molecule has 1 aromatic heterocycles. The molecule has 1 aromatic carbocycles. The number of aromatic nitrogens is 2. The van der Waals surface area contributed by atoms with Crippen LogP contribution in [0.4, 0.5) is 0 Å². The summed E-state index contributed by atoms with van der Waals surface area (Å²) in [6, 6.07) is 3.49. The van der Waals surface area contributed by atoms with E-state index >= 15 is 0 Å². The van der Waals surface area contributed by atoms with Crippen molar-refractivity contribution in [1.82, 2.24) is 36.6 Å². The molecule has 0 saturated heterocycles. The molecule has 5 atom stereocenters. The molecule has 0 fully saturated rings. The first-order valence-corrected chi connectivity index (χ1v) is 16.4. The summed E-state index contributed by atoms with van der Waals surface area (Å²) in [4.78, 5) is 84.3. The van der Waals surface area contributed by atoms with Crippen LogP contribution in [0.2, 0.25) is 0 Å². The lowest BCUT2D eigenvalue weighted by Crippen LogP contribution is -2.59. The highest BCUT2D eigenvalue weighted by Gasteiger charge is 2.32. The number of nitrogens with one attached hydrogen (secondary N) is 6. The van der Waals surface area contributed by atoms with Gasteiger partial charge in [-0.05, 0) is 36.8 Å². The van der Waals surface area contributed by atoms with E-state index < -0.39 is 84.1 Å². The highest BCUT2D eigenvalue weighted by Crippen LogP contribution is 2.09. The van der Waals surface area contributed by atoms with Gasteiger partial charge in [0.2, 0.25) is 29.5 Å². The third-order valence-electron chi connectivity index (χ3n) is 7.74. The summed E-state index contributed by atoms with van der Waals surface area (Å²) < 4.78 is 0. The molecule has 2 rings (SSSR count). The molecule has 0 radical (unpaired) electrons. The van der Waals surface area contributed by atoms with Gasteiger partial charge in [0.1, 0.15) is 24.2 Å². The molecule has 5 amide bonds. The summed E-state index contributed by atoms with van der Waals surface area (Å²) in [5.41, 5.74) is 12.7. The minimum absolute atomic E-state index is 0.0274. The molecule has 2 aromatic rings.